The van der Waals surface area contributed by atoms with Crippen molar-refractivity contribution in [2.75, 3.05) is 0 Å². The fourth-order valence-electron chi connectivity index (χ4n) is 2.93. The Hall–Kier alpha value is -3.19. The second-order valence-corrected chi connectivity index (χ2v) is 8.80. The first-order chi connectivity index (χ1) is 15.9. The molecule has 4 aromatic carbocycles. The van der Waals surface area contributed by atoms with Gasteiger partial charge < -0.3 is 14.7 Å². The van der Waals surface area contributed by atoms with Crippen molar-refractivity contribution in [3.63, 3.8) is 0 Å². The van der Waals surface area contributed by atoms with Gasteiger partial charge in [0.1, 0.15) is 5.75 Å². The highest BCUT2D eigenvalue weighted by atomic mass is 31.1. The van der Waals surface area contributed by atoms with Crippen molar-refractivity contribution in [1.82, 2.24) is 0 Å². The third kappa shape index (κ3) is 6.42. The van der Waals surface area contributed by atoms with Gasteiger partial charge in [0.05, 0.1) is 0 Å². The summed E-state index contributed by atoms with van der Waals surface area (Å²) < 4.78 is 53.8. The highest BCUT2D eigenvalue weighted by Gasteiger charge is 2.23. The average molecular weight is 472 g/mol. The Bertz CT molecular complexity index is 1070. The van der Waals surface area contributed by atoms with Crippen LogP contribution in [0.2, 0.25) is 0 Å². The van der Waals surface area contributed by atoms with E-state index < -0.39 is 44.3 Å². The lowest BCUT2D eigenvalue weighted by molar-refractivity contribution is 0.276. The van der Waals surface area contributed by atoms with Gasteiger partial charge in [-0.3, -0.25) is 0 Å². The van der Waals surface area contributed by atoms with E-state index in [0.29, 0.717) is 0 Å². The van der Waals surface area contributed by atoms with Crippen LogP contribution in [0.3, 0.4) is 0 Å². The lowest BCUT2D eigenvalue weighted by atomic mass is 10.2. The molecule has 2 N–H and O–H groups in total. The van der Waals surface area contributed by atoms with Gasteiger partial charge in [-0.05, 0) is 23.8 Å². The van der Waals surface area contributed by atoms with Crippen LogP contribution in [-0.2, 0) is 0 Å². The van der Waals surface area contributed by atoms with Gasteiger partial charge in [0.15, 0.2) is 11.6 Å². The molecule has 0 aliphatic heterocycles. The molecule has 4 rings (SSSR count). The monoisotopic (exact) mass is 472 g/mol. The van der Waals surface area contributed by atoms with Gasteiger partial charge in [0.2, 0.25) is 11.6 Å². The zero-order valence-electron chi connectivity index (χ0n) is 17.1. The lowest BCUT2D eigenvalue weighted by Crippen LogP contribution is -2.21. The molecule has 0 fully saturated rings. The summed E-state index contributed by atoms with van der Waals surface area (Å²) in [5.41, 5.74) is 0. The molecule has 0 heterocycles. The quantitative estimate of drug-likeness (QED) is 0.152. The number of rotatable bonds is 5. The van der Waals surface area contributed by atoms with Gasteiger partial charge in [0.25, 0.3) is 0 Å². The molecule has 0 amide bonds. The van der Waals surface area contributed by atoms with E-state index in [1.165, 1.54) is 15.9 Å². The molecule has 0 atom stereocenters. The van der Waals surface area contributed by atoms with E-state index in [2.05, 4.69) is 95.6 Å². The summed E-state index contributed by atoms with van der Waals surface area (Å²) in [6.07, 6.45) is 0. The van der Waals surface area contributed by atoms with Gasteiger partial charge in [-0.2, -0.15) is 4.39 Å². The van der Waals surface area contributed by atoms with E-state index >= 15 is 0 Å². The molecule has 4 aromatic rings. The molecule has 0 radical (unpaired) electrons. The molecule has 0 spiro atoms. The van der Waals surface area contributed by atoms with E-state index in [1.54, 1.807) is 0 Å². The van der Waals surface area contributed by atoms with Crippen molar-refractivity contribution in [2.24, 2.45) is 0 Å². The topological polar surface area (TPSA) is 49.7 Å². The Balaban J connectivity index is 0.000000196. The van der Waals surface area contributed by atoms with Crippen LogP contribution in [0.25, 0.3) is 0 Å². The number of halogens is 4. The van der Waals surface area contributed by atoms with Crippen LogP contribution in [0.4, 0.5) is 17.6 Å². The Morgan fingerprint density at radius 1 is 0.576 bits per heavy atom. The van der Waals surface area contributed by atoms with Gasteiger partial charge in [-0.1, -0.05) is 91.0 Å². The molecule has 0 aliphatic carbocycles. The van der Waals surface area contributed by atoms with Crippen molar-refractivity contribution < 1.29 is 32.3 Å². The third-order valence-corrected chi connectivity index (χ3v) is 6.79. The molecule has 9 heteroatoms. The summed E-state index contributed by atoms with van der Waals surface area (Å²) >= 11 is 0. The van der Waals surface area contributed by atoms with Crippen molar-refractivity contribution >= 4 is 31.2 Å². The van der Waals surface area contributed by atoms with Gasteiger partial charge in [-0.15, -0.1) is 0 Å². The molecule has 0 bridgehead atoms. The van der Waals surface area contributed by atoms with Crippen molar-refractivity contribution in [2.45, 2.75) is 0 Å². The molecular weight excluding hydrogens is 454 g/mol. The van der Waals surface area contributed by atoms with Crippen LogP contribution in [-0.4, -0.2) is 17.4 Å². The molecular formula is C24H18BF4O3P. The molecule has 0 saturated carbocycles. The number of hydrogen-bond donors (Lipinski definition) is 2. The third-order valence-electron chi connectivity index (χ3n) is 4.34. The minimum Gasteiger partial charge on any atom is -0.509 e. The maximum Gasteiger partial charge on any atom is 0.707 e. The minimum absolute atomic E-state index is 0.160. The highest BCUT2D eigenvalue weighted by molar-refractivity contribution is 7.79. The summed E-state index contributed by atoms with van der Waals surface area (Å²) in [7, 11) is -2.90. The van der Waals surface area contributed by atoms with Crippen molar-refractivity contribution in [3.05, 3.63) is 120 Å². The predicted octanol–water partition coefficient (Wildman–Crippen LogP) is 4.04. The Morgan fingerprint density at radius 3 is 1.33 bits per heavy atom. The summed E-state index contributed by atoms with van der Waals surface area (Å²) in [5.74, 6) is -8.74. The minimum atomic E-state index is -2.45. The smallest absolute Gasteiger partial charge is 0.509 e. The van der Waals surface area contributed by atoms with E-state index in [0.717, 1.165) is 0 Å². The van der Waals surface area contributed by atoms with E-state index in [4.69, 9.17) is 10.0 Å². The Morgan fingerprint density at radius 2 is 0.970 bits per heavy atom. The molecule has 33 heavy (non-hydrogen) atoms. The summed E-state index contributed by atoms with van der Waals surface area (Å²) in [4.78, 5) is 0. The fourth-order valence-corrected chi connectivity index (χ4v) is 5.23. The second kappa shape index (κ2) is 11.6. The number of hydrogen-bond acceptors (Lipinski definition) is 3. The van der Waals surface area contributed by atoms with Gasteiger partial charge in [-0.25, -0.2) is 13.2 Å². The molecule has 0 aromatic heterocycles. The molecule has 0 unspecified atom stereocenters. The molecule has 168 valence electrons. The fraction of sp³-hybridized carbons (Fsp3) is 0. The van der Waals surface area contributed by atoms with Crippen LogP contribution < -0.4 is 20.6 Å². The predicted molar refractivity (Wildman–Crippen MR) is 122 cm³/mol. The Kier molecular flexibility index (Phi) is 8.61. The first kappa shape index (κ1) is 24.5. The van der Waals surface area contributed by atoms with E-state index in [-0.39, 0.29) is 6.07 Å². The van der Waals surface area contributed by atoms with Crippen LogP contribution >= 0.6 is 7.92 Å². The lowest BCUT2D eigenvalue weighted by Gasteiger charge is -2.18. The zero-order valence-corrected chi connectivity index (χ0v) is 18.0. The summed E-state index contributed by atoms with van der Waals surface area (Å²) in [5, 5.41) is 20.6. The standard InChI is InChI=1S/C18H15P.C6H3BF4O3/c1-4-10-16(11-5-1)19(17-12-6-2-7-13-17)18-14-8-3-9-15-18;8-2-1-3(14-7(12)13)5(10)6(11)4(2)9/h1-15H;1,12-13H. The molecule has 0 aliphatic rings. The van der Waals surface area contributed by atoms with E-state index in [9.17, 15) is 17.6 Å². The van der Waals surface area contributed by atoms with Crippen LogP contribution in [0.5, 0.6) is 5.75 Å². The maximum absolute atomic E-state index is 12.7. The molecule has 0 saturated heterocycles. The van der Waals surface area contributed by atoms with Crippen LogP contribution in [0, 0.1) is 23.3 Å². The van der Waals surface area contributed by atoms with Gasteiger partial charge in [0, 0.05) is 6.07 Å². The first-order valence-corrected chi connectivity index (χ1v) is 11.0. The van der Waals surface area contributed by atoms with E-state index in [1.807, 2.05) is 0 Å². The summed E-state index contributed by atoms with van der Waals surface area (Å²) in [6.45, 7) is 0. The zero-order chi connectivity index (χ0) is 23.8. The van der Waals surface area contributed by atoms with Crippen LogP contribution in [0.1, 0.15) is 0 Å². The Labute approximate surface area is 189 Å². The normalized spacial score (nSPS) is 10.4. The summed E-state index contributed by atoms with van der Waals surface area (Å²) in [6, 6.07) is 32.5. The largest absolute Gasteiger partial charge is 0.707 e. The SMILES string of the molecule is OB(O)Oc1cc(F)c(F)c(F)c1F.c1ccc(P(c2ccccc2)c2ccccc2)cc1. The van der Waals surface area contributed by atoms with Crippen molar-refractivity contribution in [1.29, 1.82) is 0 Å². The van der Waals surface area contributed by atoms with Crippen molar-refractivity contribution in [3.8, 4) is 5.75 Å². The number of benzene rings is 4. The average Bonchev–Trinajstić information content (AvgIpc) is 2.84. The van der Waals surface area contributed by atoms with Gasteiger partial charge >= 0.3 is 7.32 Å². The highest BCUT2D eigenvalue weighted by Crippen LogP contribution is 2.32. The first-order valence-electron chi connectivity index (χ1n) is 9.69. The maximum atomic E-state index is 12.7. The second-order valence-electron chi connectivity index (χ2n) is 6.58. The van der Waals surface area contributed by atoms with Crippen LogP contribution in [0.15, 0.2) is 97.1 Å². The molecule has 3 nitrogen and oxygen atoms in total.